The van der Waals surface area contributed by atoms with Gasteiger partial charge in [0, 0.05) is 19.2 Å². The van der Waals surface area contributed by atoms with E-state index in [0.29, 0.717) is 47.3 Å². The van der Waals surface area contributed by atoms with Crippen molar-refractivity contribution < 1.29 is 18.7 Å². The van der Waals surface area contributed by atoms with E-state index in [4.69, 9.17) is 13.9 Å². The summed E-state index contributed by atoms with van der Waals surface area (Å²) in [4.78, 5) is 19.2. The lowest BCUT2D eigenvalue weighted by Crippen LogP contribution is -2.30. The monoisotopic (exact) mass is 328 g/mol. The number of carbonyl (C=O) groups is 1. The maximum absolute atomic E-state index is 12.8. The van der Waals surface area contributed by atoms with Crippen LogP contribution in [0.4, 0.5) is 5.69 Å². The molecule has 24 heavy (non-hydrogen) atoms. The number of benzene rings is 1. The maximum atomic E-state index is 12.8. The zero-order valence-electron chi connectivity index (χ0n) is 14.0. The second-order valence-corrected chi connectivity index (χ2v) is 5.37. The number of rotatable bonds is 5. The first kappa shape index (κ1) is 16.1. The minimum absolute atomic E-state index is 0.0794. The number of carbonyl (C=O) groups excluding carboxylic acids is 1. The van der Waals surface area contributed by atoms with Crippen molar-refractivity contribution in [2.45, 2.75) is 20.8 Å². The van der Waals surface area contributed by atoms with Gasteiger partial charge >= 0.3 is 0 Å². The van der Waals surface area contributed by atoms with Gasteiger partial charge in [-0.3, -0.25) is 4.79 Å². The van der Waals surface area contributed by atoms with E-state index in [2.05, 4.69) is 4.99 Å². The number of hydrogen-bond acceptors (Lipinski definition) is 5. The first-order valence-corrected chi connectivity index (χ1v) is 7.96. The van der Waals surface area contributed by atoms with Crippen LogP contribution >= 0.6 is 0 Å². The molecule has 0 saturated heterocycles. The van der Waals surface area contributed by atoms with Crippen LogP contribution in [-0.2, 0) is 0 Å². The van der Waals surface area contributed by atoms with E-state index in [0.717, 1.165) is 0 Å². The van der Waals surface area contributed by atoms with Gasteiger partial charge in [-0.1, -0.05) is 0 Å². The molecular weight excluding hydrogens is 308 g/mol. The number of furan rings is 1. The zero-order chi connectivity index (χ0) is 17.1. The Morgan fingerprint density at radius 1 is 1.21 bits per heavy atom. The van der Waals surface area contributed by atoms with Gasteiger partial charge in [0.05, 0.1) is 23.2 Å². The lowest BCUT2D eigenvalue weighted by molar-refractivity contribution is 0.0773. The molecule has 6 nitrogen and oxygen atoms in total. The summed E-state index contributed by atoms with van der Waals surface area (Å²) in [5.41, 5.74) is 1.73. The fourth-order valence-corrected chi connectivity index (χ4v) is 2.60. The van der Waals surface area contributed by atoms with E-state index in [1.165, 1.54) is 0 Å². The van der Waals surface area contributed by atoms with E-state index >= 15 is 0 Å². The predicted molar refractivity (Wildman–Crippen MR) is 90.4 cm³/mol. The number of aliphatic imine (C=N–C) groups is 1. The average Bonchev–Trinajstić information content (AvgIpc) is 3.26. The molecule has 0 unspecified atom stereocenters. The topological polar surface area (TPSA) is 64.3 Å². The summed E-state index contributed by atoms with van der Waals surface area (Å²) in [6.45, 7) is 7.15. The molecule has 2 heterocycles. The Balaban J connectivity index is 2.07. The van der Waals surface area contributed by atoms with Crippen molar-refractivity contribution in [2.24, 2.45) is 4.99 Å². The van der Waals surface area contributed by atoms with E-state index in [9.17, 15) is 4.79 Å². The van der Waals surface area contributed by atoms with E-state index in [-0.39, 0.29) is 12.7 Å². The van der Waals surface area contributed by atoms with E-state index in [1.807, 2.05) is 26.8 Å². The van der Waals surface area contributed by atoms with E-state index < -0.39 is 0 Å². The van der Waals surface area contributed by atoms with Gasteiger partial charge in [0.1, 0.15) is 5.76 Å². The predicted octanol–water partition coefficient (Wildman–Crippen LogP) is 3.63. The van der Waals surface area contributed by atoms with Crippen LogP contribution < -0.4 is 9.47 Å². The van der Waals surface area contributed by atoms with Gasteiger partial charge in [-0.25, -0.2) is 4.99 Å². The molecule has 1 amide bonds. The van der Waals surface area contributed by atoms with Gasteiger partial charge in [-0.2, -0.15) is 0 Å². The Kier molecular flexibility index (Phi) is 4.55. The second-order valence-electron chi connectivity index (χ2n) is 5.37. The molecule has 0 atom stereocenters. The molecule has 1 aliphatic heterocycles. The number of amides is 1. The highest BCUT2D eigenvalue weighted by molar-refractivity contribution is 6.03. The summed E-state index contributed by atoms with van der Waals surface area (Å²) in [6.07, 6.45) is 1.59. The molecule has 0 bridgehead atoms. The van der Waals surface area contributed by atoms with Gasteiger partial charge in [0.2, 0.25) is 6.79 Å². The molecule has 1 aromatic carbocycles. The van der Waals surface area contributed by atoms with E-state index in [1.54, 1.807) is 29.4 Å². The highest BCUT2D eigenvalue weighted by atomic mass is 16.7. The van der Waals surface area contributed by atoms with Crippen LogP contribution in [0.5, 0.6) is 11.5 Å². The van der Waals surface area contributed by atoms with Gasteiger partial charge in [0.15, 0.2) is 11.5 Å². The van der Waals surface area contributed by atoms with Gasteiger partial charge in [0.25, 0.3) is 5.91 Å². The third-order valence-corrected chi connectivity index (χ3v) is 3.94. The normalized spacial score (nSPS) is 13.2. The smallest absolute Gasteiger partial charge is 0.256 e. The van der Waals surface area contributed by atoms with Crippen molar-refractivity contribution in [2.75, 3.05) is 19.9 Å². The SMILES string of the molecule is CCN(CC)C(=O)c1cc2c(cc1N=C(C)c1ccco1)OCO2. The summed E-state index contributed by atoms with van der Waals surface area (Å²) in [6, 6.07) is 7.08. The molecule has 1 aromatic heterocycles. The molecule has 3 rings (SSSR count). The van der Waals surface area contributed by atoms with Crippen LogP contribution in [0.2, 0.25) is 0 Å². The number of fused-ring (bicyclic) bond motifs is 1. The fourth-order valence-electron chi connectivity index (χ4n) is 2.60. The Morgan fingerprint density at radius 2 is 1.92 bits per heavy atom. The van der Waals surface area contributed by atoms with Crippen molar-refractivity contribution >= 4 is 17.3 Å². The molecule has 2 aromatic rings. The molecule has 0 aliphatic carbocycles. The Bertz CT molecular complexity index is 762. The van der Waals surface area contributed by atoms with Gasteiger partial charge < -0.3 is 18.8 Å². The average molecular weight is 328 g/mol. The molecule has 0 saturated carbocycles. The molecular formula is C18H20N2O4. The molecule has 126 valence electrons. The second kappa shape index (κ2) is 6.78. The van der Waals surface area contributed by atoms with Crippen LogP contribution in [-0.4, -0.2) is 36.4 Å². The Hall–Kier alpha value is -2.76. The summed E-state index contributed by atoms with van der Waals surface area (Å²) >= 11 is 0. The van der Waals surface area contributed by atoms with Crippen LogP contribution in [0.1, 0.15) is 36.9 Å². The third kappa shape index (κ3) is 2.99. The highest BCUT2D eigenvalue weighted by Gasteiger charge is 2.23. The van der Waals surface area contributed by atoms with Crippen molar-refractivity contribution in [1.82, 2.24) is 4.90 Å². The first-order valence-electron chi connectivity index (χ1n) is 7.96. The van der Waals surface area contributed by atoms with Gasteiger partial charge in [-0.15, -0.1) is 0 Å². The van der Waals surface area contributed by atoms with Crippen molar-refractivity contribution in [3.8, 4) is 11.5 Å². The van der Waals surface area contributed by atoms with Crippen molar-refractivity contribution in [1.29, 1.82) is 0 Å². The lowest BCUT2D eigenvalue weighted by Gasteiger charge is -2.20. The largest absolute Gasteiger partial charge is 0.463 e. The standard InChI is InChI=1S/C18H20N2O4/c1-4-20(5-2)18(21)13-9-16-17(24-11-23-16)10-14(13)19-12(3)15-7-6-8-22-15/h6-10H,4-5,11H2,1-3H3. The van der Waals surface area contributed by atoms with Crippen LogP contribution in [0, 0.1) is 0 Å². The molecule has 0 spiro atoms. The zero-order valence-corrected chi connectivity index (χ0v) is 14.0. The van der Waals surface area contributed by atoms with Crippen molar-refractivity contribution in [3.05, 3.63) is 41.9 Å². The molecule has 6 heteroatoms. The first-order chi connectivity index (χ1) is 11.6. The number of hydrogen-bond donors (Lipinski definition) is 0. The fraction of sp³-hybridized carbons (Fsp3) is 0.333. The minimum atomic E-state index is -0.0794. The highest BCUT2D eigenvalue weighted by Crippen LogP contribution is 2.39. The van der Waals surface area contributed by atoms with Crippen LogP contribution in [0.3, 0.4) is 0 Å². The quantitative estimate of drug-likeness (QED) is 0.786. The maximum Gasteiger partial charge on any atom is 0.256 e. The molecule has 0 N–H and O–H groups in total. The summed E-state index contributed by atoms with van der Waals surface area (Å²) in [5, 5.41) is 0. The number of nitrogens with zero attached hydrogens (tertiary/aromatic N) is 2. The molecule has 1 aliphatic rings. The van der Waals surface area contributed by atoms with Gasteiger partial charge in [-0.05, 0) is 39.0 Å². The Morgan fingerprint density at radius 3 is 2.54 bits per heavy atom. The third-order valence-electron chi connectivity index (χ3n) is 3.94. The lowest BCUT2D eigenvalue weighted by atomic mass is 10.1. The minimum Gasteiger partial charge on any atom is -0.463 e. The number of ether oxygens (including phenoxy) is 2. The summed E-state index contributed by atoms with van der Waals surface area (Å²) < 4.78 is 16.2. The van der Waals surface area contributed by atoms with Crippen LogP contribution in [0.15, 0.2) is 39.9 Å². The Labute approximate surface area is 140 Å². The summed E-state index contributed by atoms with van der Waals surface area (Å²) in [7, 11) is 0. The van der Waals surface area contributed by atoms with Crippen molar-refractivity contribution in [3.63, 3.8) is 0 Å². The summed E-state index contributed by atoms with van der Waals surface area (Å²) in [5.74, 6) is 1.75. The molecule has 0 fully saturated rings. The van der Waals surface area contributed by atoms with Crippen LogP contribution in [0.25, 0.3) is 0 Å². The molecule has 0 radical (unpaired) electrons.